The first-order valence-corrected chi connectivity index (χ1v) is 14.5. The number of halogens is 1. The summed E-state index contributed by atoms with van der Waals surface area (Å²) in [4.78, 5) is 18.1. The number of thioether (sulfide) groups is 1. The Labute approximate surface area is 221 Å². The summed E-state index contributed by atoms with van der Waals surface area (Å²) >= 11 is 3.69. The number of nitrogens with zero attached hydrogens (tertiary/aromatic N) is 2. The van der Waals surface area contributed by atoms with Crippen LogP contribution in [0.4, 0.5) is 4.39 Å². The van der Waals surface area contributed by atoms with Crippen molar-refractivity contribution in [1.82, 2.24) is 9.88 Å². The van der Waals surface area contributed by atoms with E-state index in [9.17, 15) is 9.90 Å². The van der Waals surface area contributed by atoms with Crippen LogP contribution in [0.15, 0.2) is 46.1 Å². The lowest BCUT2D eigenvalue weighted by atomic mass is 9.79. The van der Waals surface area contributed by atoms with Crippen molar-refractivity contribution >= 4 is 40.0 Å². The number of likely N-dealkylation sites (tertiary alicyclic amines) is 1. The second-order valence-electron chi connectivity index (χ2n) is 9.61. The van der Waals surface area contributed by atoms with Crippen LogP contribution in [-0.4, -0.2) is 53.5 Å². The summed E-state index contributed by atoms with van der Waals surface area (Å²) < 4.78 is 22.2. The third kappa shape index (κ3) is 6.99. The number of fused-ring (bicyclic) bond motifs is 1. The maximum absolute atomic E-state index is 15.5. The number of methoxy groups -OCH3 is 1. The Morgan fingerprint density at radius 3 is 2.92 bits per heavy atom. The molecule has 0 aliphatic carbocycles. The normalized spacial score (nSPS) is 19.4. The Morgan fingerprint density at radius 2 is 2.17 bits per heavy atom. The Kier molecular flexibility index (Phi) is 9.62. The zero-order chi connectivity index (χ0) is 25.5. The van der Waals surface area contributed by atoms with E-state index in [1.165, 1.54) is 9.77 Å². The SMILES string of the molecule is COc1ccc2nccc(C(F)CC[C@@H]3CCN(CCSc4sccc4C)C[C@@H]3CCC(=O)O)c2c1. The highest BCUT2D eigenvalue weighted by atomic mass is 32.2. The van der Waals surface area contributed by atoms with Gasteiger partial charge in [-0.25, -0.2) is 4.39 Å². The number of piperidine rings is 1. The zero-order valence-corrected chi connectivity index (χ0v) is 22.6. The summed E-state index contributed by atoms with van der Waals surface area (Å²) in [6.07, 6.45) is 3.58. The summed E-state index contributed by atoms with van der Waals surface area (Å²) in [6, 6.07) is 9.48. The van der Waals surface area contributed by atoms with E-state index in [0.717, 1.165) is 49.1 Å². The monoisotopic (exact) mass is 530 g/mol. The van der Waals surface area contributed by atoms with Gasteiger partial charge < -0.3 is 14.7 Å². The van der Waals surface area contributed by atoms with Crippen LogP contribution < -0.4 is 4.74 Å². The number of thiophene rings is 1. The van der Waals surface area contributed by atoms with Crippen LogP contribution in [0.5, 0.6) is 5.75 Å². The van der Waals surface area contributed by atoms with Gasteiger partial charge >= 0.3 is 5.97 Å². The molecule has 0 saturated carbocycles. The number of carboxylic acid groups (broad SMARTS) is 1. The molecule has 3 aromatic rings. The molecule has 4 rings (SSSR count). The minimum atomic E-state index is -1.09. The van der Waals surface area contributed by atoms with Crippen molar-refractivity contribution in [1.29, 1.82) is 0 Å². The van der Waals surface area contributed by atoms with E-state index < -0.39 is 12.1 Å². The molecule has 0 bridgehead atoms. The van der Waals surface area contributed by atoms with E-state index in [4.69, 9.17) is 4.74 Å². The van der Waals surface area contributed by atoms with E-state index in [1.807, 2.05) is 30.0 Å². The number of aryl methyl sites for hydroxylation is 1. The summed E-state index contributed by atoms with van der Waals surface area (Å²) in [5.74, 6) is 1.59. The number of ether oxygens (including phenoxy) is 1. The van der Waals surface area contributed by atoms with Crippen LogP contribution in [0, 0.1) is 18.8 Å². The molecule has 5 nitrogen and oxygen atoms in total. The minimum Gasteiger partial charge on any atom is -0.497 e. The number of carbonyl (C=O) groups is 1. The van der Waals surface area contributed by atoms with Gasteiger partial charge in [-0.15, -0.1) is 23.1 Å². The van der Waals surface area contributed by atoms with E-state index in [1.54, 1.807) is 30.7 Å². The van der Waals surface area contributed by atoms with E-state index in [-0.39, 0.29) is 12.3 Å². The first-order valence-electron chi connectivity index (χ1n) is 12.6. The Bertz CT molecular complexity index is 1150. The van der Waals surface area contributed by atoms with Crippen molar-refractivity contribution in [2.45, 2.75) is 49.4 Å². The van der Waals surface area contributed by atoms with E-state index >= 15 is 4.39 Å². The molecule has 1 N–H and O–H groups in total. The van der Waals surface area contributed by atoms with Crippen LogP contribution in [-0.2, 0) is 4.79 Å². The van der Waals surface area contributed by atoms with Gasteiger partial charge in [0.1, 0.15) is 11.9 Å². The van der Waals surface area contributed by atoms with Gasteiger partial charge in [-0.3, -0.25) is 9.78 Å². The summed E-state index contributed by atoms with van der Waals surface area (Å²) in [5.41, 5.74) is 2.75. The molecule has 194 valence electrons. The molecule has 1 aromatic carbocycles. The van der Waals surface area contributed by atoms with Crippen LogP contribution in [0.1, 0.15) is 49.4 Å². The van der Waals surface area contributed by atoms with Crippen LogP contribution in [0.2, 0.25) is 0 Å². The molecule has 1 saturated heterocycles. The molecule has 0 radical (unpaired) electrons. The van der Waals surface area contributed by atoms with Gasteiger partial charge in [-0.2, -0.15) is 0 Å². The summed E-state index contributed by atoms with van der Waals surface area (Å²) in [5, 5.41) is 12.2. The number of pyridine rings is 1. The molecule has 8 heteroatoms. The molecule has 3 heterocycles. The average molecular weight is 531 g/mol. The fraction of sp³-hybridized carbons (Fsp3) is 0.500. The number of aliphatic carboxylic acids is 1. The lowest BCUT2D eigenvalue weighted by Gasteiger charge is -2.39. The molecule has 1 aliphatic heterocycles. The first kappa shape index (κ1) is 26.9. The van der Waals surface area contributed by atoms with Gasteiger partial charge in [0.05, 0.1) is 16.8 Å². The standard InChI is InChI=1S/C28H35FN2O3S2/c1-19-11-15-35-28(19)36-16-14-31-13-10-20(21(18-31)4-8-27(32)33)3-6-25(29)23-9-12-30-26-7-5-22(34-2)17-24(23)26/h5,7,9,11-12,15,17,20-21,25H,3-4,6,8,10,13-14,16,18H2,1-2H3,(H,32,33)/t20-,21+,25?/m1/s1. The summed E-state index contributed by atoms with van der Waals surface area (Å²) in [7, 11) is 1.61. The van der Waals surface area contributed by atoms with Gasteiger partial charge in [-0.1, -0.05) is 0 Å². The van der Waals surface area contributed by atoms with Gasteiger partial charge in [0.2, 0.25) is 0 Å². The first-order chi connectivity index (χ1) is 17.4. The smallest absolute Gasteiger partial charge is 0.303 e. The third-order valence-corrected chi connectivity index (χ3v) is 9.69. The Hall–Kier alpha value is -2.16. The van der Waals surface area contributed by atoms with Crippen molar-refractivity contribution in [3.63, 3.8) is 0 Å². The number of benzene rings is 1. The summed E-state index contributed by atoms with van der Waals surface area (Å²) in [6.45, 7) is 5.03. The minimum absolute atomic E-state index is 0.173. The number of aromatic nitrogens is 1. The molecular formula is C28H35FN2O3S2. The van der Waals surface area contributed by atoms with Crippen molar-refractivity contribution < 1.29 is 19.0 Å². The van der Waals surface area contributed by atoms with Crippen molar-refractivity contribution in [3.8, 4) is 5.75 Å². The second kappa shape index (κ2) is 12.9. The maximum Gasteiger partial charge on any atom is 0.303 e. The highest BCUT2D eigenvalue weighted by molar-refractivity contribution is 8.01. The lowest BCUT2D eigenvalue weighted by Crippen LogP contribution is -2.41. The molecule has 0 amide bonds. The molecule has 1 unspecified atom stereocenters. The predicted molar refractivity (Wildman–Crippen MR) is 146 cm³/mol. The van der Waals surface area contributed by atoms with Gasteiger partial charge in [0, 0.05) is 36.8 Å². The fourth-order valence-electron chi connectivity index (χ4n) is 5.21. The lowest BCUT2D eigenvalue weighted by molar-refractivity contribution is -0.137. The van der Waals surface area contributed by atoms with E-state index in [0.29, 0.717) is 30.1 Å². The molecule has 3 atom stereocenters. The van der Waals surface area contributed by atoms with Crippen LogP contribution in [0.3, 0.4) is 0 Å². The number of rotatable bonds is 12. The maximum atomic E-state index is 15.5. The number of carboxylic acids is 1. The zero-order valence-electron chi connectivity index (χ0n) is 21.0. The van der Waals surface area contributed by atoms with Gasteiger partial charge in [0.25, 0.3) is 0 Å². The second-order valence-corrected chi connectivity index (χ2v) is 11.9. The van der Waals surface area contributed by atoms with Crippen LogP contribution >= 0.6 is 23.1 Å². The molecular weight excluding hydrogens is 495 g/mol. The number of hydrogen-bond acceptors (Lipinski definition) is 6. The van der Waals surface area contributed by atoms with Crippen molar-refractivity contribution in [2.75, 3.05) is 32.5 Å². The fourth-order valence-corrected chi connectivity index (χ4v) is 7.38. The molecule has 1 aliphatic rings. The largest absolute Gasteiger partial charge is 0.497 e. The Morgan fingerprint density at radius 1 is 1.31 bits per heavy atom. The van der Waals surface area contributed by atoms with Gasteiger partial charge in [-0.05, 0) is 97.8 Å². The molecule has 2 aromatic heterocycles. The van der Waals surface area contributed by atoms with Gasteiger partial charge in [0.15, 0.2) is 0 Å². The van der Waals surface area contributed by atoms with E-state index in [2.05, 4.69) is 28.3 Å². The molecule has 0 spiro atoms. The van der Waals surface area contributed by atoms with Crippen molar-refractivity contribution in [3.05, 3.63) is 53.0 Å². The quantitative estimate of drug-likeness (QED) is 0.254. The molecule has 36 heavy (non-hydrogen) atoms. The predicted octanol–water partition coefficient (Wildman–Crippen LogP) is 7.00. The topological polar surface area (TPSA) is 62.7 Å². The highest BCUT2D eigenvalue weighted by Gasteiger charge is 2.30. The average Bonchev–Trinajstić information content (AvgIpc) is 3.30. The third-order valence-electron chi connectivity index (χ3n) is 7.27. The van der Waals surface area contributed by atoms with Crippen molar-refractivity contribution in [2.24, 2.45) is 11.8 Å². The highest BCUT2D eigenvalue weighted by Crippen LogP contribution is 2.37. The molecule has 1 fully saturated rings. The van der Waals surface area contributed by atoms with Crippen LogP contribution in [0.25, 0.3) is 10.9 Å². The Balaban J connectivity index is 1.36. The number of alkyl halides is 1. The number of hydrogen-bond donors (Lipinski definition) is 1.